The molecule has 1 aromatic rings. The molecule has 1 saturated carbocycles. The fraction of sp³-hybridized carbons (Fsp3) is 0.538. The molecular formula is C13H19NO2. The second-order valence-electron chi connectivity index (χ2n) is 4.16. The zero-order chi connectivity index (χ0) is 11.2. The van der Waals surface area contributed by atoms with Crippen LogP contribution in [-0.2, 0) is 16.1 Å². The summed E-state index contributed by atoms with van der Waals surface area (Å²) >= 11 is 0. The lowest BCUT2D eigenvalue weighted by molar-refractivity contribution is 0.0617. The third-order valence-corrected chi connectivity index (χ3v) is 2.58. The summed E-state index contributed by atoms with van der Waals surface area (Å²) in [7, 11) is 1.68. The number of methoxy groups -OCH3 is 1. The molecule has 2 rings (SSSR count). The lowest BCUT2D eigenvalue weighted by Crippen LogP contribution is -2.03. The molecule has 88 valence electrons. The molecule has 1 fully saturated rings. The number of rotatable bonds is 7. The molecule has 0 heterocycles. The molecule has 0 amide bonds. The van der Waals surface area contributed by atoms with E-state index in [0.717, 1.165) is 0 Å². The van der Waals surface area contributed by atoms with Gasteiger partial charge in [0.1, 0.15) is 0 Å². The van der Waals surface area contributed by atoms with E-state index in [0.29, 0.717) is 25.9 Å². The monoisotopic (exact) mass is 221 g/mol. The van der Waals surface area contributed by atoms with Crippen LogP contribution in [0.1, 0.15) is 18.4 Å². The minimum atomic E-state index is 0.650. The van der Waals surface area contributed by atoms with E-state index < -0.39 is 0 Å². The molecule has 0 radical (unpaired) electrons. The Bertz CT molecular complexity index is 323. The summed E-state index contributed by atoms with van der Waals surface area (Å²) in [6.07, 6.45) is 2.60. The average Bonchev–Trinajstić information content (AvgIpc) is 3.09. The highest BCUT2D eigenvalue weighted by Crippen LogP contribution is 2.25. The second-order valence-corrected chi connectivity index (χ2v) is 4.16. The predicted octanol–water partition coefficient (Wildman–Crippen LogP) is 2.42. The molecule has 1 aromatic carbocycles. The summed E-state index contributed by atoms with van der Waals surface area (Å²) in [5.41, 5.74) is 2.41. The van der Waals surface area contributed by atoms with Crippen LogP contribution in [0.2, 0.25) is 0 Å². The standard InChI is InChI=1S/C13H19NO2/c1-15-7-8-16-10-11-3-2-4-13(9-11)14-12-5-6-12/h2-4,9,12,14H,5-8,10H2,1H3. The first-order valence-corrected chi connectivity index (χ1v) is 5.80. The van der Waals surface area contributed by atoms with Gasteiger partial charge in [0.15, 0.2) is 0 Å². The van der Waals surface area contributed by atoms with Gasteiger partial charge in [0, 0.05) is 18.8 Å². The zero-order valence-corrected chi connectivity index (χ0v) is 9.74. The SMILES string of the molecule is COCCOCc1cccc(NC2CC2)c1. The Morgan fingerprint density at radius 1 is 1.31 bits per heavy atom. The summed E-state index contributed by atoms with van der Waals surface area (Å²) in [5, 5.41) is 3.48. The van der Waals surface area contributed by atoms with E-state index >= 15 is 0 Å². The van der Waals surface area contributed by atoms with Gasteiger partial charge in [0.2, 0.25) is 0 Å². The normalized spacial score (nSPS) is 15.1. The van der Waals surface area contributed by atoms with Crippen LogP contribution < -0.4 is 5.32 Å². The highest BCUT2D eigenvalue weighted by atomic mass is 16.5. The maximum Gasteiger partial charge on any atom is 0.0718 e. The highest BCUT2D eigenvalue weighted by molar-refractivity contribution is 5.47. The van der Waals surface area contributed by atoms with Gasteiger partial charge in [-0.3, -0.25) is 0 Å². The van der Waals surface area contributed by atoms with E-state index in [4.69, 9.17) is 9.47 Å². The Kier molecular flexibility index (Phi) is 4.19. The fourth-order valence-corrected chi connectivity index (χ4v) is 1.55. The summed E-state index contributed by atoms with van der Waals surface area (Å²) in [6.45, 7) is 1.96. The van der Waals surface area contributed by atoms with Crippen LogP contribution in [0.15, 0.2) is 24.3 Å². The van der Waals surface area contributed by atoms with Crippen molar-refractivity contribution in [3.8, 4) is 0 Å². The summed E-state index contributed by atoms with van der Waals surface area (Å²) in [6, 6.07) is 9.12. The van der Waals surface area contributed by atoms with Gasteiger partial charge in [0.05, 0.1) is 19.8 Å². The van der Waals surface area contributed by atoms with Crippen LogP contribution in [0.4, 0.5) is 5.69 Å². The number of hydrogen-bond acceptors (Lipinski definition) is 3. The molecule has 1 aliphatic carbocycles. The van der Waals surface area contributed by atoms with Crippen LogP contribution in [0.3, 0.4) is 0 Å². The highest BCUT2D eigenvalue weighted by Gasteiger charge is 2.20. The molecule has 0 bridgehead atoms. The molecule has 3 heteroatoms. The molecule has 1 aliphatic rings. The number of benzene rings is 1. The number of anilines is 1. The molecule has 16 heavy (non-hydrogen) atoms. The van der Waals surface area contributed by atoms with Crippen molar-refractivity contribution in [3.63, 3.8) is 0 Å². The van der Waals surface area contributed by atoms with Crippen molar-refractivity contribution in [1.29, 1.82) is 0 Å². The predicted molar refractivity (Wildman–Crippen MR) is 64.6 cm³/mol. The van der Waals surface area contributed by atoms with Crippen molar-refractivity contribution in [2.75, 3.05) is 25.6 Å². The number of ether oxygens (including phenoxy) is 2. The van der Waals surface area contributed by atoms with E-state index in [1.165, 1.54) is 24.1 Å². The van der Waals surface area contributed by atoms with E-state index in [1.807, 2.05) is 0 Å². The molecule has 0 aliphatic heterocycles. The van der Waals surface area contributed by atoms with E-state index in [2.05, 4.69) is 29.6 Å². The van der Waals surface area contributed by atoms with Gasteiger partial charge in [-0.05, 0) is 30.5 Å². The number of nitrogens with one attached hydrogen (secondary N) is 1. The Morgan fingerprint density at radius 2 is 2.19 bits per heavy atom. The van der Waals surface area contributed by atoms with Crippen LogP contribution in [0, 0.1) is 0 Å². The van der Waals surface area contributed by atoms with Crippen LogP contribution >= 0.6 is 0 Å². The smallest absolute Gasteiger partial charge is 0.0718 e. The largest absolute Gasteiger partial charge is 0.382 e. The zero-order valence-electron chi connectivity index (χ0n) is 9.74. The molecule has 0 unspecified atom stereocenters. The van der Waals surface area contributed by atoms with Crippen molar-refractivity contribution >= 4 is 5.69 Å². The minimum absolute atomic E-state index is 0.650. The lowest BCUT2D eigenvalue weighted by atomic mass is 10.2. The van der Waals surface area contributed by atoms with Gasteiger partial charge < -0.3 is 14.8 Å². The van der Waals surface area contributed by atoms with Crippen LogP contribution in [0.25, 0.3) is 0 Å². The minimum Gasteiger partial charge on any atom is -0.382 e. The first kappa shape index (κ1) is 11.4. The first-order valence-electron chi connectivity index (χ1n) is 5.80. The average molecular weight is 221 g/mol. The summed E-state index contributed by atoms with van der Waals surface area (Å²) in [4.78, 5) is 0. The van der Waals surface area contributed by atoms with Crippen molar-refractivity contribution in [1.82, 2.24) is 0 Å². The van der Waals surface area contributed by atoms with Crippen LogP contribution in [0.5, 0.6) is 0 Å². The van der Waals surface area contributed by atoms with E-state index in [1.54, 1.807) is 7.11 Å². The second kappa shape index (κ2) is 5.87. The quantitative estimate of drug-likeness (QED) is 0.717. The Labute approximate surface area is 96.8 Å². The molecule has 0 saturated heterocycles. The van der Waals surface area contributed by atoms with Gasteiger partial charge in [-0.15, -0.1) is 0 Å². The van der Waals surface area contributed by atoms with Crippen molar-refractivity contribution in [3.05, 3.63) is 29.8 Å². The maximum absolute atomic E-state index is 5.48. The third-order valence-electron chi connectivity index (χ3n) is 2.58. The summed E-state index contributed by atoms with van der Waals surface area (Å²) in [5.74, 6) is 0. The van der Waals surface area contributed by atoms with Crippen LogP contribution in [-0.4, -0.2) is 26.4 Å². The van der Waals surface area contributed by atoms with Crippen molar-refractivity contribution in [2.24, 2.45) is 0 Å². The molecule has 1 N–H and O–H groups in total. The molecule has 0 aromatic heterocycles. The number of hydrogen-bond donors (Lipinski definition) is 1. The first-order chi connectivity index (χ1) is 7.88. The van der Waals surface area contributed by atoms with Gasteiger partial charge in [-0.25, -0.2) is 0 Å². The van der Waals surface area contributed by atoms with Crippen molar-refractivity contribution < 1.29 is 9.47 Å². The van der Waals surface area contributed by atoms with Gasteiger partial charge in [0.25, 0.3) is 0 Å². The van der Waals surface area contributed by atoms with Gasteiger partial charge in [-0.2, -0.15) is 0 Å². The Hall–Kier alpha value is -1.06. The molecule has 0 spiro atoms. The topological polar surface area (TPSA) is 30.5 Å². The molecule has 0 atom stereocenters. The van der Waals surface area contributed by atoms with Crippen molar-refractivity contribution in [2.45, 2.75) is 25.5 Å². The fourth-order valence-electron chi connectivity index (χ4n) is 1.55. The lowest BCUT2D eigenvalue weighted by Gasteiger charge is -2.07. The van der Waals surface area contributed by atoms with Gasteiger partial charge >= 0.3 is 0 Å². The van der Waals surface area contributed by atoms with E-state index in [9.17, 15) is 0 Å². The molecular weight excluding hydrogens is 202 g/mol. The van der Waals surface area contributed by atoms with Gasteiger partial charge in [-0.1, -0.05) is 12.1 Å². The Balaban J connectivity index is 1.78. The maximum atomic E-state index is 5.48. The molecule has 3 nitrogen and oxygen atoms in total. The Morgan fingerprint density at radius 3 is 2.94 bits per heavy atom. The van der Waals surface area contributed by atoms with E-state index in [-0.39, 0.29) is 0 Å². The summed E-state index contributed by atoms with van der Waals surface area (Å²) < 4.78 is 10.4. The third kappa shape index (κ3) is 3.83.